The highest BCUT2D eigenvalue weighted by Gasteiger charge is 2.13. The number of aryl methyl sites for hydroxylation is 1. The number of rotatable bonds is 4. The minimum absolute atomic E-state index is 0.0836. The molecule has 0 N–H and O–H groups in total. The summed E-state index contributed by atoms with van der Waals surface area (Å²) >= 11 is 0. The standard InChI is InChI=1S/C11H12F2O2/c1-7-4-3-5-9(6-8(2)14)10(7)15-11(12)13/h3-5,11H,6H2,1-2H3. The van der Waals surface area contributed by atoms with Gasteiger partial charge in [0.15, 0.2) is 0 Å². The first kappa shape index (κ1) is 11.6. The van der Waals surface area contributed by atoms with Gasteiger partial charge in [-0.3, -0.25) is 4.79 Å². The highest BCUT2D eigenvalue weighted by Crippen LogP contribution is 2.25. The third-order valence-corrected chi connectivity index (χ3v) is 1.94. The second-order valence-corrected chi connectivity index (χ2v) is 3.32. The Labute approximate surface area is 86.9 Å². The number of carbonyl (C=O) groups is 1. The molecule has 2 nitrogen and oxygen atoms in total. The van der Waals surface area contributed by atoms with Crippen LogP contribution in [0.15, 0.2) is 18.2 Å². The molecule has 0 unspecified atom stereocenters. The molecule has 0 aliphatic heterocycles. The average molecular weight is 214 g/mol. The molecule has 82 valence electrons. The molecule has 0 aliphatic rings. The Kier molecular flexibility index (Phi) is 3.77. The van der Waals surface area contributed by atoms with Gasteiger partial charge in [0.1, 0.15) is 11.5 Å². The van der Waals surface area contributed by atoms with Crippen molar-refractivity contribution in [1.29, 1.82) is 0 Å². The van der Waals surface area contributed by atoms with Crippen LogP contribution in [0.4, 0.5) is 8.78 Å². The molecule has 4 heteroatoms. The average Bonchev–Trinajstić information content (AvgIpc) is 2.09. The van der Waals surface area contributed by atoms with Crippen molar-refractivity contribution in [1.82, 2.24) is 0 Å². The summed E-state index contributed by atoms with van der Waals surface area (Å²) in [6.07, 6.45) is 0.115. The van der Waals surface area contributed by atoms with Gasteiger partial charge in [-0.1, -0.05) is 18.2 Å². The van der Waals surface area contributed by atoms with Crippen molar-refractivity contribution in [3.05, 3.63) is 29.3 Å². The Morgan fingerprint density at radius 2 is 2.13 bits per heavy atom. The molecule has 0 aliphatic carbocycles. The van der Waals surface area contributed by atoms with Crippen molar-refractivity contribution in [3.63, 3.8) is 0 Å². The third-order valence-electron chi connectivity index (χ3n) is 1.94. The SMILES string of the molecule is CC(=O)Cc1cccc(C)c1OC(F)F. The molecule has 0 bridgehead atoms. The Balaban J connectivity index is 3.02. The zero-order valence-electron chi connectivity index (χ0n) is 8.59. The van der Waals surface area contributed by atoms with E-state index in [9.17, 15) is 13.6 Å². The molecule has 1 aromatic rings. The number of hydrogen-bond donors (Lipinski definition) is 0. The van der Waals surface area contributed by atoms with Gasteiger partial charge in [-0.05, 0) is 19.4 Å². The van der Waals surface area contributed by atoms with Gasteiger partial charge in [0, 0.05) is 12.0 Å². The van der Waals surface area contributed by atoms with Crippen LogP contribution < -0.4 is 4.74 Å². The monoisotopic (exact) mass is 214 g/mol. The molecule has 0 fully saturated rings. The number of alkyl halides is 2. The van der Waals surface area contributed by atoms with Gasteiger partial charge in [0.25, 0.3) is 0 Å². The lowest BCUT2D eigenvalue weighted by molar-refractivity contribution is -0.116. The maximum atomic E-state index is 12.1. The van der Waals surface area contributed by atoms with Crippen molar-refractivity contribution in [2.24, 2.45) is 0 Å². The first-order chi connectivity index (χ1) is 7.00. The van der Waals surface area contributed by atoms with Crippen LogP contribution in [0.25, 0.3) is 0 Å². The number of carbonyl (C=O) groups excluding carboxylic acids is 1. The van der Waals surface area contributed by atoms with E-state index < -0.39 is 6.61 Å². The number of hydrogen-bond acceptors (Lipinski definition) is 2. The molecule has 0 amide bonds. The summed E-state index contributed by atoms with van der Waals surface area (Å²) in [6.45, 7) is 0.215. The topological polar surface area (TPSA) is 26.3 Å². The van der Waals surface area contributed by atoms with Gasteiger partial charge in [0.2, 0.25) is 0 Å². The smallest absolute Gasteiger partial charge is 0.387 e. The molecule has 0 saturated heterocycles. The summed E-state index contributed by atoms with van der Waals surface area (Å²) in [5.41, 5.74) is 1.11. The summed E-state index contributed by atoms with van der Waals surface area (Å²) in [5, 5.41) is 0. The zero-order chi connectivity index (χ0) is 11.4. The molecule has 1 rings (SSSR count). The fraction of sp³-hybridized carbons (Fsp3) is 0.364. The molecule has 15 heavy (non-hydrogen) atoms. The van der Waals surface area contributed by atoms with E-state index in [4.69, 9.17) is 0 Å². The van der Waals surface area contributed by atoms with Crippen LogP contribution in [0.1, 0.15) is 18.1 Å². The predicted molar refractivity (Wildman–Crippen MR) is 52.2 cm³/mol. The molecule has 0 spiro atoms. The maximum absolute atomic E-state index is 12.1. The van der Waals surface area contributed by atoms with Crippen molar-refractivity contribution < 1.29 is 18.3 Å². The van der Waals surface area contributed by atoms with E-state index in [1.165, 1.54) is 6.92 Å². The number of ether oxygens (including phenoxy) is 1. The molecule has 0 aromatic heterocycles. The quantitative estimate of drug-likeness (QED) is 0.770. The Bertz CT molecular complexity index is 362. The Hall–Kier alpha value is -1.45. The van der Waals surface area contributed by atoms with Gasteiger partial charge in [0.05, 0.1) is 0 Å². The highest BCUT2D eigenvalue weighted by atomic mass is 19.3. The lowest BCUT2D eigenvalue weighted by atomic mass is 10.1. The highest BCUT2D eigenvalue weighted by molar-refractivity contribution is 5.79. The molecule has 0 atom stereocenters. The van der Waals surface area contributed by atoms with Gasteiger partial charge >= 0.3 is 6.61 Å². The van der Waals surface area contributed by atoms with Crippen molar-refractivity contribution in [3.8, 4) is 5.75 Å². The number of Topliss-reactive ketones (excluding diaryl/α,β-unsaturated/α-hetero) is 1. The van der Waals surface area contributed by atoms with E-state index in [0.717, 1.165) is 0 Å². The Morgan fingerprint density at radius 1 is 1.47 bits per heavy atom. The number of benzene rings is 1. The van der Waals surface area contributed by atoms with Crippen LogP contribution in [0.5, 0.6) is 5.75 Å². The predicted octanol–water partition coefficient (Wildman–Crippen LogP) is 2.73. The normalized spacial score (nSPS) is 10.5. The van der Waals surface area contributed by atoms with Gasteiger partial charge < -0.3 is 4.74 Å². The van der Waals surface area contributed by atoms with E-state index in [0.29, 0.717) is 11.1 Å². The van der Waals surface area contributed by atoms with Crippen molar-refractivity contribution in [2.45, 2.75) is 26.9 Å². The molecule has 0 saturated carbocycles. The van der Waals surface area contributed by atoms with Crippen molar-refractivity contribution >= 4 is 5.78 Å². The van der Waals surface area contributed by atoms with Gasteiger partial charge in [-0.2, -0.15) is 8.78 Å². The summed E-state index contributed by atoms with van der Waals surface area (Å²) in [7, 11) is 0. The first-order valence-corrected chi connectivity index (χ1v) is 4.53. The van der Waals surface area contributed by atoms with Crippen LogP contribution in [0.3, 0.4) is 0 Å². The Morgan fingerprint density at radius 3 is 2.67 bits per heavy atom. The minimum atomic E-state index is -2.86. The number of ketones is 1. The van der Waals surface area contributed by atoms with Gasteiger partial charge in [-0.15, -0.1) is 0 Å². The fourth-order valence-electron chi connectivity index (χ4n) is 1.38. The first-order valence-electron chi connectivity index (χ1n) is 4.53. The van der Waals surface area contributed by atoms with E-state index in [-0.39, 0.29) is 18.0 Å². The third kappa shape index (κ3) is 3.31. The van der Waals surface area contributed by atoms with E-state index in [1.807, 2.05) is 0 Å². The lowest BCUT2D eigenvalue weighted by Crippen LogP contribution is -2.07. The van der Waals surface area contributed by atoms with E-state index in [2.05, 4.69) is 4.74 Å². The molecular formula is C11H12F2O2. The largest absolute Gasteiger partial charge is 0.434 e. The summed E-state index contributed by atoms with van der Waals surface area (Å²) in [4.78, 5) is 10.9. The number of halogens is 2. The van der Waals surface area contributed by atoms with Crippen LogP contribution in [-0.2, 0) is 11.2 Å². The zero-order valence-corrected chi connectivity index (χ0v) is 8.59. The minimum Gasteiger partial charge on any atom is -0.434 e. The maximum Gasteiger partial charge on any atom is 0.387 e. The van der Waals surface area contributed by atoms with Crippen LogP contribution in [-0.4, -0.2) is 12.4 Å². The second kappa shape index (κ2) is 4.87. The van der Waals surface area contributed by atoms with Crippen LogP contribution in [0.2, 0.25) is 0 Å². The lowest BCUT2D eigenvalue weighted by Gasteiger charge is -2.12. The fourth-order valence-corrected chi connectivity index (χ4v) is 1.38. The number of para-hydroxylation sites is 1. The summed E-state index contributed by atoms with van der Waals surface area (Å²) in [5.74, 6) is 0.0300. The summed E-state index contributed by atoms with van der Waals surface area (Å²) in [6, 6.07) is 5.00. The molecular weight excluding hydrogens is 202 g/mol. The van der Waals surface area contributed by atoms with E-state index >= 15 is 0 Å². The molecule has 0 heterocycles. The van der Waals surface area contributed by atoms with Crippen LogP contribution in [0, 0.1) is 6.92 Å². The molecule has 0 radical (unpaired) electrons. The van der Waals surface area contributed by atoms with Gasteiger partial charge in [-0.25, -0.2) is 0 Å². The summed E-state index contributed by atoms with van der Waals surface area (Å²) < 4.78 is 28.6. The molecule has 1 aromatic carbocycles. The van der Waals surface area contributed by atoms with E-state index in [1.54, 1.807) is 25.1 Å². The van der Waals surface area contributed by atoms with Crippen molar-refractivity contribution in [2.75, 3.05) is 0 Å². The van der Waals surface area contributed by atoms with Crippen LogP contribution >= 0.6 is 0 Å². The second-order valence-electron chi connectivity index (χ2n) is 3.32.